The number of carbonyl (C=O) groups excluding carboxylic acids is 3. The molecule has 0 radical (unpaired) electrons. The number of aromatic nitrogens is 2. The maximum Gasteiger partial charge on any atom is 0.408 e. The fourth-order valence-corrected chi connectivity index (χ4v) is 5.92. The summed E-state index contributed by atoms with van der Waals surface area (Å²) in [7, 11) is 0. The maximum atomic E-state index is 13.5. The number of urea groups is 1. The fourth-order valence-electron chi connectivity index (χ4n) is 5.92. The SMILES string of the molecule is CCC1CN(C(=O)Nc2ccn(-c3ccc(CN4CCC(NC(=O)O)CC4)cc3)c(=O)n2)CCN1C(=O)C(C)(C)NC(=O)OC(C)(C)C. The number of piperazine rings is 1. The van der Waals surface area contributed by atoms with Gasteiger partial charge in [-0.2, -0.15) is 4.98 Å². The van der Waals surface area contributed by atoms with Gasteiger partial charge in [-0.05, 0) is 77.6 Å². The Morgan fingerprint density at radius 1 is 0.979 bits per heavy atom. The Morgan fingerprint density at radius 2 is 1.65 bits per heavy atom. The molecule has 2 saturated heterocycles. The molecule has 1 aromatic heterocycles. The largest absolute Gasteiger partial charge is 0.465 e. The van der Waals surface area contributed by atoms with Crippen molar-refractivity contribution in [1.82, 2.24) is 34.9 Å². The topological polar surface area (TPSA) is 178 Å². The molecule has 1 atom stereocenters. The summed E-state index contributed by atoms with van der Waals surface area (Å²) >= 11 is 0. The minimum Gasteiger partial charge on any atom is -0.465 e. The van der Waals surface area contributed by atoms with Crippen LogP contribution in [0.3, 0.4) is 0 Å². The summed E-state index contributed by atoms with van der Waals surface area (Å²) in [4.78, 5) is 72.4. The number of nitrogens with zero attached hydrogens (tertiary/aromatic N) is 5. The van der Waals surface area contributed by atoms with E-state index in [1.165, 1.54) is 4.57 Å². The number of benzene rings is 1. The van der Waals surface area contributed by atoms with E-state index in [1.807, 2.05) is 31.2 Å². The first-order valence-electron chi connectivity index (χ1n) is 16.3. The predicted molar refractivity (Wildman–Crippen MR) is 179 cm³/mol. The third kappa shape index (κ3) is 9.69. The molecule has 0 aliphatic carbocycles. The van der Waals surface area contributed by atoms with E-state index in [0.717, 1.165) is 38.0 Å². The van der Waals surface area contributed by atoms with Crippen molar-refractivity contribution < 1.29 is 29.0 Å². The van der Waals surface area contributed by atoms with Gasteiger partial charge in [-0.25, -0.2) is 19.2 Å². The van der Waals surface area contributed by atoms with Crippen LogP contribution in [0.25, 0.3) is 5.69 Å². The highest BCUT2D eigenvalue weighted by atomic mass is 16.6. The number of alkyl carbamates (subject to hydrolysis) is 1. The summed E-state index contributed by atoms with van der Waals surface area (Å²) in [5, 5.41) is 16.8. The van der Waals surface area contributed by atoms with Gasteiger partial charge in [0.15, 0.2) is 0 Å². The van der Waals surface area contributed by atoms with Gasteiger partial charge in [0, 0.05) is 57.5 Å². The molecule has 3 heterocycles. The molecule has 1 aromatic carbocycles. The normalized spacial score (nSPS) is 17.8. The van der Waals surface area contributed by atoms with E-state index in [9.17, 15) is 24.0 Å². The molecule has 1 unspecified atom stereocenters. The first kappa shape index (κ1) is 36.2. The second-order valence-corrected chi connectivity index (χ2v) is 13.8. The zero-order chi connectivity index (χ0) is 35.2. The molecule has 2 aliphatic rings. The number of likely N-dealkylation sites (tertiary alicyclic amines) is 1. The lowest BCUT2D eigenvalue weighted by Gasteiger charge is -2.44. The Labute approximate surface area is 280 Å². The van der Waals surface area contributed by atoms with Crippen LogP contribution in [0.2, 0.25) is 0 Å². The van der Waals surface area contributed by atoms with Crippen LogP contribution in [0.5, 0.6) is 0 Å². The van der Waals surface area contributed by atoms with E-state index < -0.39 is 35.0 Å². The standard InChI is InChI=1S/C33H48N8O7/c1-7-24-21-39(18-19-40(24)27(42)33(5,6)37-31(47)48-32(2,3)4)28(43)35-26-14-17-41(29(44)36-26)25-10-8-22(9-11-25)20-38-15-12-23(13-16-38)34-30(45)46/h8-11,14,17,23-24,34H,7,12-13,15-16,18-21H2,1-6H3,(H,37,47)(H,45,46)(H,35,36,43,44). The predicted octanol–water partition coefficient (Wildman–Crippen LogP) is 3.22. The number of nitrogens with one attached hydrogen (secondary N) is 3. The molecule has 2 aliphatic heterocycles. The highest BCUT2D eigenvalue weighted by Gasteiger charge is 2.40. The second-order valence-electron chi connectivity index (χ2n) is 13.8. The summed E-state index contributed by atoms with van der Waals surface area (Å²) in [5.74, 6) is -0.151. The Morgan fingerprint density at radius 3 is 2.23 bits per heavy atom. The summed E-state index contributed by atoms with van der Waals surface area (Å²) in [6.07, 6.45) is 2.00. The van der Waals surface area contributed by atoms with Crippen molar-refractivity contribution in [2.45, 2.75) is 90.6 Å². The van der Waals surface area contributed by atoms with E-state index in [4.69, 9.17) is 9.84 Å². The van der Waals surface area contributed by atoms with Gasteiger partial charge in [0.05, 0.1) is 5.69 Å². The number of ether oxygens (including phenoxy) is 1. The van der Waals surface area contributed by atoms with Crippen molar-refractivity contribution in [2.24, 2.45) is 0 Å². The van der Waals surface area contributed by atoms with Gasteiger partial charge < -0.3 is 30.3 Å². The van der Waals surface area contributed by atoms with E-state index in [0.29, 0.717) is 12.1 Å². The van der Waals surface area contributed by atoms with Crippen molar-refractivity contribution in [1.29, 1.82) is 0 Å². The molecular weight excluding hydrogens is 620 g/mol. The molecule has 0 saturated carbocycles. The van der Waals surface area contributed by atoms with Crippen LogP contribution in [-0.4, -0.2) is 109 Å². The summed E-state index contributed by atoms with van der Waals surface area (Å²) in [5.41, 5.74) is -0.757. The molecule has 15 heteroatoms. The first-order chi connectivity index (χ1) is 22.5. The van der Waals surface area contributed by atoms with E-state index >= 15 is 0 Å². The smallest absolute Gasteiger partial charge is 0.408 e. The first-order valence-corrected chi connectivity index (χ1v) is 16.3. The Kier molecular flexibility index (Phi) is 11.3. The van der Waals surface area contributed by atoms with Gasteiger partial charge in [-0.3, -0.25) is 19.6 Å². The lowest BCUT2D eigenvalue weighted by atomic mass is 10.00. The van der Waals surface area contributed by atoms with Crippen molar-refractivity contribution in [3.63, 3.8) is 0 Å². The van der Waals surface area contributed by atoms with Crippen LogP contribution in [0, 0.1) is 0 Å². The fraction of sp³-hybridized carbons (Fsp3) is 0.576. The van der Waals surface area contributed by atoms with Crippen molar-refractivity contribution in [3.8, 4) is 5.69 Å². The Hall–Kier alpha value is -4.66. The lowest BCUT2D eigenvalue weighted by Crippen LogP contribution is -2.64. The molecule has 4 N–H and O–H groups in total. The van der Waals surface area contributed by atoms with Crippen LogP contribution in [0.4, 0.5) is 20.2 Å². The van der Waals surface area contributed by atoms with E-state index in [1.54, 1.807) is 56.7 Å². The molecule has 262 valence electrons. The lowest BCUT2D eigenvalue weighted by molar-refractivity contribution is -0.141. The molecule has 48 heavy (non-hydrogen) atoms. The van der Waals surface area contributed by atoms with Crippen molar-refractivity contribution in [2.75, 3.05) is 38.0 Å². The summed E-state index contributed by atoms with van der Waals surface area (Å²) < 4.78 is 6.72. The van der Waals surface area contributed by atoms with Gasteiger partial charge in [0.25, 0.3) is 0 Å². The summed E-state index contributed by atoms with van der Waals surface area (Å²) in [6, 6.07) is 8.41. The molecule has 15 nitrogen and oxygen atoms in total. The Bertz CT molecular complexity index is 1530. The van der Waals surface area contributed by atoms with Crippen LogP contribution in [-0.2, 0) is 16.1 Å². The average molecular weight is 669 g/mol. The number of hydrogen-bond donors (Lipinski definition) is 4. The number of anilines is 1. The number of rotatable bonds is 8. The quantitative estimate of drug-likeness (QED) is 0.329. The number of hydrogen-bond acceptors (Lipinski definition) is 8. The minimum atomic E-state index is -1.21. The van der Waals surface area contributed by atoms with Crippen LogP contribution in [0.15, 0.2) is 41.3 Å². The maximum absolute atomic E-state index is 13.5. The highest BCUT2D eigenvalue weighted by molar-refractivity contribution is 5.91. The number of amides is 5. The van der Waals surface area contributed by atoms with Crippen LogP contribution in [0.1, 0.15) is 66.4 Å². The monoisotopic (exact) mass is 668 g/mol. The minimum absolute atomic E-state index is 0.0173. The van der Waals surface area contributed by atoms with Crippen molar-refractivity contribution >= 4 is 29.9 Å². The third-order valence-corrected chi connectivity index (χ3v) is 8.42. The number of piperidine rings is 1. The van der Waals surface area contributed by atoms with Crippen LogP contribution >= 0.6 is 0 Å². The zero-order valence-corrected chi connectivity index (χ0v) is 28.6. The summed E-state index contributed by atoms with van der Waals surface area (Å²) in [6.45, 7) is 13.5. The van der Waals surface area contributed by atoms with E-state index in [2.05, 4.69) is 25.8 Å². The molecule has 4 rings (SSSR count). The number of carbonyl (C=O) groups is 4. The van der Waals surface area contributed by atoms with Crippen molar-refractivity contribution in [3.05, 3.63) is 52.6 Å². The van der Waals surface area contributed by atoms with Gasteiger partial charge in [-0.15, -0.1) is 0 Å². The Balaban J connectivity index is 1.31. The van der Waals surface area contributed by atoms with E-state index in [-0.39, 0.29) is 43.4 Å². The molecular formula is C33H48N8O7. The average Bonchev–Trinajstić information content (AvgIpc) is 3.00. The van der Waals surface area contributed by atoms with Gasteiger partial charge in [-0.1, -0.05) is 19.1 Å². The molecule has 2 aromatic rings. The van der Waals surface area contributed by atoms with Gasteiger partial charge in [0.2, 0.25) is 5.91 Å². The number of carboxylic acid groups (broad SMARTS) is 1. The molecule has 0 bridgehead atoms. The molecule has 2 fully saturated rings. The van der Waals surface area contributed by atoms with Gasteiger partial charge >= 0.3 is 23.9 Å². The van der Waals surface area contributed by atoms with Gasteiger partial charge in [0.1, 0.15) is 17.0 Å². The van der Waals surface area contributed by atoms with Crippen LogP contribution < -0.4 is 21.6 Å². The molecule has 5 amide bonds. The zero-order valence-electron chi connectivity index (χ0n) is 28.6. The second kappa shape index (κ2) is 15.0. The highest BCUT2D eigenvalue weighted by Crippen LogP contribution is 2.20. The molecule has 0 spiro atoms. The third-order valence-electron chi connectivity index (χ3n) is 8.42.